The molecule has 0 aliphatic carbocycles. The highest BCUT2D eigenvalue weighted by Crippen LogP contribution is 2.25. The van der Waals surface area contributed by atoms with Crippen molar-refractivity contribution < 1.29 is 22.7 Å². The monoisotopic (exact) mass is 289 g/mol. The Morgan fingerprint density at radius 2 is 2.11 bits per heavy atom. The van der Waals surface area contributed by atoms with Crippen LogP contribution in [0.25, 0.3) is 0 Å². The molecule has 5 nitrogen and oxygen atoms in total. The number of halogens is 1. The summed E-state index contributed by atoms with van der Waals surface area (Å²) in [5, 5.41) is 10.2. The Hall–Kier alpha value is -1.02. The second kappa shape index (κ2) is 5.16. The average molecular weight is 289 g/mol. The first kappa shape index (κ1) is 14.4. The van der Waals surface area contributed by atoms with Crippen molar-refractivity contribution in [3.63, 3.8) is 0 Å². The Kier molecular flexibility index (Phi) is 3.91. The summed E-state index contributed by atoms with van der Waals surface area (Å²) >= 11 is 0. The number of ether oxygens (including phenoxy) is 1. The molecule has 1 fully saturated rings. The van der Waals surface area contributed by atoms with Crippen molar-refractivity contribution in [2.75, 3.05) is 13.2 Å². The fourth-order valence-electron chi connectivity index (χ4n) is 1.92. The number of benzene rings is 1. The molecule has 0 amide bonds. The van der Waals surface area contributed by atoms with Crippen molar-refractivity contribution >= 4 is 10.0 Å². The molecule has 19 heavy (non-hydrogen) atoms. The van der Waals surface area contributed by atoms with E-state index in [1.54, 1.807) is 6.92 Å². The van der Waals surface area contributed by atoms with E-state index >= 15 is 0 Å². The summed E-state index contributed by atoms with van der Waals surface area (Å²) in [6.07, 6.45) is -0.0523. The summed E-state index contributed by atoms with van der Waals surface area (Å²) in [5.74, 6) is -0.504. The van der Waals surface area contributed by atoms with Gasteiger partial charge in [-0.15, -0.1) is 0 Å². The highest BCUT2D eigenvalue weighted by Gasteiger charge is 2.40. The summed E-state index contributed by atoms with van der Waals surface area (Å²) < 4.78 is 44.2. The number of sulfonamides is 1. The van der Waals surface area contributed by atoms with Gasteiger partial charge in [0.05, 0.1) is 11.0 Å². The lowest BCUT2D eigenvalue weighted by Gasteiger charge is -2.26. The third-order valence-corrected chi connectivity index (χ3v) is 4.77. The molecule has 1 aliphatic rings. The van der Waals surface area contributed by atoms with Crippen molar-refractivity contribution in [2.24, 2.45) is 0 Å². The Morgan fingerprint density at radius 3 is 2.63 bits per heavy atom. The Balaban J connectivity index is 2.08. The minimum absolute atomic E-state index is 0.0379. The van der Waals surface area contributed by atoms with Gasteiger partial charge in [-0.2, -0.15) is 0 Å². The van der Waals surface area contributed by atoms with E-state index in [0.717, 1.165) is 12.1 Å². The van der Waals surface area contributed by atoms with Crippen molar-refractivity contribution in [1.82, 2.24) is 4.72 Å². The summed E-state index contributed by atoms with van der Waals surface area (Å²) in [4.78, 5) is -0.0379. The van der Waals surface area contributed by atoms with Crippen LogP contribution in [0.4, 0.5) is 4.39 Å². The molecule has 0 radical (unpaired) electrons. The minimum Gasteiger partial charge on any atom is -0.386 e. The molecule has 1 aromatic rings. The van der Waals surface area contributed by atoms with Gasteiger partial charge >= 0.3 is 0 Å². The first-order chi connectivity index (χ1) is 8.83. The summed E-state index contributed by atoms with van der Waals surface area (Å²) in [7, 11) is -3.76. The van der Waals surface area contributed by atoms with E-state index in [2.05, 4.69) is 4.72 Å². The normalized spacial score (nSPS) is 27.6. The van der Waals surface area contributed by atoms with Crippen molar-refractivity contribution in [3.05, 3.63) is 30.1 Å². The van der Waals surface area contributed by atoms with Gasteiger partial charge in [-0.05, 0) is 31.2 Å². The number of rotatable bonds is 4. The molecule has 7 heteroatoms. The van der Waals surface area contributed by atoms with Gasteiger partial charge in [-0.3, -0.25) is 0 Å². The van der Waals surface area contributed by atoms with E-state index in [-0.39, 0.29) is 11.4 Å². The maximum Gasteiger partial charge on any atom is 0.240 e. The van der Waals surface area contributed by atoms with E-state index in [9.17, 15) is 17.9 Å². The van der Waals surface area contributed by atoms with Crippen molar-refractivity contribution in [1.29, 1.82) is 0 Å². The lowest BCUT2D eigenvalue weighted by atomic mass is 9.97. The van der Waals surface area contributed by atoms with E-state index in [1.807, 2.05) is 0 Å². The number of hydrogen-bond acceptors (Lipinski definition) is 4. The molecule has 1 heterocycles. The van der Waals surface area contributed by atoms with E-state index < -0.39 is 27.5 Å². The van der Waals surface area contributed by atoms with Crippen LogP contribution in [0, 0.1) is 5.82 Å². The molecule has 0 spiro atoms. The van der Waals surface area contributed by atoms with Crippen molar-refractivity contribution in [3.8, 4) is 0 Å². The third-order valence-electron chi connectivity index (χ3n) is 3.35. The van der Waals surface area contributed by atoms with Crippen LogP contribution in [0.1, 0.15) is 13.3 Å². The number of aliphatic hydroxyl groups is 1. The second-order valence-corrected chi connectivity index (χ2v) is 6.41. The van der Waals surface area contributed by atoms with Gasteiger partial charge in [0.1, 0.15) is 11.4 Å². The molecule has 2 rings (SSSR count). The largest absolute Gasteiger partial charge is 0.386 e. The van der Waals surface area contributed by atoms with E-state index in [0.29, 0.717) is 13.0 Å². The zero-order valence-corrected chi connectivity index (χ0v) is 11.3. The molecule has 106 valence electrons. The van der Waals surface area contributed by atoms with Gasteiger partial charge < -0.3 is 9.84 Å². The second-order valence-electron chi connectivity index (χ2n) is 4.65. The average Bonchev–Trinajstić information content (AvgIpc) is 2.69. The van der Waals surface area contributed by atoms with Crippen LogP contribution in [0.15, 0.2) is 29.2 Å². The maximum absolute atomic E-state index is 12.7. The highest BCUT2D eigenvalue weighted by atomic mass is 32.2. The van der Waals surface area contributed by atoms with Gasteiger partial charge in [-0.1, -0.05) is 0 Å². The topological polar surface area (TPSA) is 75.6 Å². The first-order valence-corrected chi connectivity index (χ1v) is 7.41. The predicted octanol–water partition coefficient (Wildman–Crippen LogP) is 0.644. The van der Waals surface area contributed by atoms with Gasteiger partial charge in [0.2, 0.25) is 10.0 Å². The molecule has 1 aromatic carbocycles. The fourth-order valence-corrected chi connectivity index (χ4v) is 3.02. The predicted molar refractivity (Wildman–Crippen MR) is 66.6 cm³/mol. The third kappa shape index (κ3) is 3.11. The van der Waals surface area contributed by atoms with Gasteiger partial charge in [-0.25, -0.2) is 17.5 Å². The Bertz CT molecular complexity index is 545. The Labute approximate surface area is 111 Å². The van der Waals surface area contributed by atoms with Crippen LogP contribution in [0.2, 0.25) is 0 Å². The minimum atomic E-state index is -3.76. The standard InChI is InChI=1S/C12H16FNO4S/c1-9-12(15,6-7-18-9)8-14-19(16,17)11-4-2-10(13)3-5-11/h2-5,9,14-15H,6-8H2,1H3. The molecule has 1 saturated heterocycles. The zero-order valence-electron chi connectivity index (χ0n) is 10.5. The summed E-state index contributed by atoms with van der Waals surface area (Å²) in [6, 6.07) is 4.50. The molecule has 1 aliphatic heterocycles. The fraction of sp³-hybridized carbons (Fsp3) is 0.500. The van der Waals surface area contributed by atoms with Gasteiger partial charge in [0.15, 0.2) is 0 Å². The molecule has 2 atom stereocenters. The van der Waals surface area contributed by atoms with Crippen LogP contribution < -0.4 is 4.72 Å². The smallest absolute Gasteiger partial charge is 0.240 e. The van der Waals surface area contributed by atoms with Gasteiger partial charge in [0.25, 0.3) is 0 Å². The van der Waals surface area contributed by atoms with Crippen LogP contribution >= 0.6 is 0 Å². The van der Waals surface area contributed by atoms with Gasteiger partial charge in [0, 0.05) is 19.6 Å². The number of hydrogen-bond donors (Lipinski definition) is 2. The van der Waals surface area contributed by atoms with E-state index in [1.165, 1.54) is 12.1 Å². The lowest BCUT2D eigenvalue weighted by molar-refractivity contribution is -0.0228. The lowest BCUT2D eigenvalue weighted by Crippen LogP contribution is -2.47. The quantitative estimate of drug-likeness (QED) is 0.853. The maximum atomic E-state index is 12.7. The number of nitrogens with one attached hydrogen (secondary N) is 1. The van der Waals surface area contributed by atoms with Crippen LogP contribution in [0.5, 0.6) is 0 Å². The molecule has 0 bridgehead atoms. The molecular weight excluding hydrogens is 273 g/mol. The first-order valence-electron chi connectivity index (χ1n) is 5.93. The highest BCUT2D eigenvalue weighted by molar-refractivity contribution is 7.89. The molecule has 2 N–H and O–H groups in total. The zero-order chi connectivity index (χ0) is 14.1. The molecule has 2 unspecified atom stereocenters. The van der Waals surface area contributed by atoms with Crippen LogP contribution in [-0.2, 0) is 14.8 Å². The molecular formula is C12H16FNO4S. The van der Waals surface area contributed by atoms with Crippen LogP contribution in [-0.4, -0.2) is 38.4 Å². The SMILES string of the molecule is CC1OCCC1(O)CNS(=O)(=O)c1ccc(F)cc1. The van der Waals surface area contributed by atoms with E-state index in [4.69, 9.17) is 4.74 Å². The van der Waals surface area contributed by atoms with Crippen LogP contribution in [0.3, 0.4) is 0 Å². The van der Waals surface area contributed by atoms with Crippen molar-refractivity contribution in [2.45, 2.75) is 29.9 Å². The Morgan fingerprint density at radius 1 is 1.47 bits per heavy atom. The summed E-state index contributed by atoms with van der Waals surface area (Å²) in [5.41, 5.74) is -1.20. The molecule has 0 aromatic heterocycles. The summed E-state index contributed by atoms with van der Waals surface area (Å²) in [6.45, 7) is 1.96. The molecule has 0 saturated carbocycles.